The summed E-state index contributed by atoms with van der Waals surface area (Å²) in [5, 5.41) is 0.439. The first kappa shape index (κ1) is 18.9. The van der Waals surface area contributed by atoms with Gasteiger partial charge in [-0.1, -0.05) is 48.0 Å². The highest BCUT2D eigenvalue weighted by atomic mass is 35.5. The van der Waals surface area contributed by atoms with Gasteiger partial charge >= 0.3 is 0 Å². The molecular weight excluding hydrogens is 365 g/mol. The summed E-state index contributed by atoms with van der Waals surface area (Å²) >= 11 is 6.32. The van der Waals surface area contributed by atoms with Gasteiger partial charge in [0.2, 0.25) is 0 Å². The molecule has 3 aromatic carbocycles. The molecule has 0 aromatic heterocycles. The highest BCUT2D eigenvalue weighted by molar-refractivity contribution is 6.32. The Kier molecular flexibility index (Phi) is 6.09. The molecule has 0 radical (unpaired) electrons. The van der Waals surface area contributed by atoms with E-state index in [9.17, 15) is 9.18 Å². The van der Waals surface area contributed by atoms with E-state index in [0.29, 0.717) is 23.0 Å². The van der Waals surface area contributed by atoms with E-state index in [0.717, 1.165) is 11.1 Å². The first-order valence-electron chi connectivity index (χ1n) is 8.62. The van der Waals surface area contributed by atoms with E-state index in [4.69, 9.17) is 16.3 Å². The normalized spacial score (nSPS) is 10.5. The van der Waals surface area contributed by atoms with Gasteiger partial charge in [-0.25, -0.2) is 4.39 Å². The number of amides is 1. The highest BCUT2D eigenvalue weighted by Gasteiger charge is 2.15. The number of hydrogen-bond donors (Lipinski definition) is 0. The van der Waals surface area contributed by atoms with Gasteiger partial charge in [0.05, 0.1) is 5.02 Å². The molecule has 3 nitrogen and oxygen atoms in total. The summed E-state index contributed by atoms with van der Waals surface area (Å²) in [6.07, 6.45) is 0. The van der Waals surface area contributed by atoms with Crippen molar-refractivity contribution >= 4 is 23.2 Å². The van der Waals surface area contributed by atoms with Crippen molar-refractivity contribution in [2.24, 2.45) is 0 Å². The lowest BCUT2D eigenvalue weighted by Gasteiger charge is -2.21. The summed E-state index contributed by atoms with van der Waals surface area (Å²) in [6.45, 7) is 2.15. The lowest BCUT2D eigenvalue weighted by Crippen LogP contribution is -2.34. The van der Waals surface area contributed by atoms with Crippen LogP contribution in [0.4, 0.5) is 10.1 Å². The fraction of sp³-hybridized carbons (Fsp3) is 0.136. The van der Waals surface area contributed by atoms with E-state index in [1.54, 1.807) is 18.2 Å². The smallest absolute Gasteiger partial charge is 0.264 e. The van der Waals surface area contributed by atoms with Crippen molar-refractivity contribution in [3.63, 3.8) is 0 Å². The van der Waals surface area contributed by atoms with E-state index in [-0.39, 0.29) is 18.3 Å². The van der Waals surface area contributed by atoms with Crippen LogP contribution in [0.3, 0.4) is 0 Å². The first-order valence-corrected chi connectivity index (χ1v) is 9.00. The molecule has 0 bridgehead atoms. The molecule has 0 spiro atoms. The molecule has 0 unspecified atom stereocenters. The average Bonchev–Trinajstić information content (AvgIpc) is 2.69. The van der Waals surface area contributed by atoms with Crippen molar-refractivity contribution in [2.45, 2.75) is 6.92 Å². The summed E-state index contributed by atoms with van der Waals surface area (Å²) < 4.78 is 18.7. The Morgan fingerprint density at radius 1 is 1.00 bits per heavy atom. The van der Waals surface area contributed by atoms with Crippen LogP contribution in [0, 0.1) is 5.82 Å². The van der Waals surface area contributed by atoms with Gasteiger partial charge in [0.25, 0.3) is 5.91 Å². The molecule has 138 valence electrons. The van der Waals surface area contributed by atoms with Gasteiger partial charge in [0, 0.05) is 12.2 Å². The maximum absolute atomic E-state index is 13.1. The molecule has 0 fully saturated rings. The zero-order valence-corrected chi connectivity index (χ0v) is 15.6. The van der Waals surface area contributed by atoms with Crippen molar-refractivity contribution in [2.75, 3.05) is 18.1 Å². The lowest BCUT2D eigenvalue weighted by atomic mass is 10.1. The van der Waals surface area contributed by atoms with Crippen molar-refractivity contribution in [3.8, 4) is 16.9 Å². The molecule has 0 aliphatic rings. The molecule has 0 atom stereocenters. The quantitative estimate of drug-likeness (QED) is 0.556. The monoisotopic (exact) mass is 383 g/mol. The van der Waals surface area contributed by atoms with Crippen LogP contribution in [-0.2, 0) is 4.79 Å². The Hall–Kier alpha value is -2.85. The predicted octanol–water partition coefficient (Wildman–Crippen LogP) is 5.58. The zero-order valence-electron chi connectivity index (χ0n) is 14.9. The second kappa shape index (κ2) is 8.69. The lowest BCUT2D eigenvalue weighted by molar-refractivity contribution is -0.120. The number of halogens is 2. The first-order chi connectivity index (χ1) is 13.1. The molecular formula is C22H19ClFNO2. The summed E-state index contributed by atoms with van der Waals surface area (Å²) in [6, 6.07) is 21.1. The van der Waals surface area contributed by atoms with Crippen LogP contribution in [0.25, 0.3) is 11.1 Å². The Balaban J connectivity index is 1.68. The maximum atomic E-state index is 13.1. The van der Waals surface area contributed by atoms with E-state index in [2.05, 4.69) is 0 Å². The van der Waals surface area contributed by atoms with Crippen LogP contribution < -0.4 is 9.64 Å². The van der Waals surface area contributed by atoms with Crippen LogP contribution in [0.1, 0.15) is 6.92 Å². The average molecular weight is 384 g/mol. The van der Waals surface area contributed by atoms with Gasteiger partial charge in [0.15, 0.2) is 6.61 Å². The third kappa shape index (κ3) is 4.66. The summed E-state index contributed by atoms with van der Waals surface area (Å²) in [7, 11) is 0. The van der Waals surface area contributed by atoms with Crippen molar-refractivity contribution in [3.05, 3.63) is 83.6 Å². The topological polar surface area (TPSA) is 29.5 Å². The molecule has 5 heteroatoms. The molecule has 0 saturated carbocycles. The van der Waals surface area contributed by atoms with Gasteiger partial charge < -0.3 is 9.64 Å². The fourth-order valence-electron chi connectivity index (χ4n) is 2.77. The van der Waals surface area contributed by atoms with Crippen molar-refractivity contribution in [1.82, 2.24) is 0 Å². The Morgan fingerprint density at radius 3 is 2.33 bits per heavy atom. The van der Waals surface area contributed by atoms with Crippen LogP contribution >= 0.6 is 11.6 Å². The summed E-state index contributed by atoms with van der Waals surface area (Å²) in [5.41, 5.74) is 2.65. The minimum Gasteiger partial charge on any atom is -0.482 e. The molecule has 3 aromatic rings. The summed E-state index contributed by atoms with van der Waals surface area (Å²) in [5.74, 6) is -0.129. The number of likely N-dealkylation sites (N-methyl/N-ethyl adjacent to an activating group) is 1. The third-order valence-corrected chi connectivity index (χ3v) is 4.44. The van der Waals surface area contributed by atoms with Crippen LogP contribution in [0.15, 0.2) is 72.8 Å². The predicted molar refractivity (Wildman–Crippen MR) is 107 cm³/mol. The SMILES string of the molecule is CCN(C(=O)COc1ccc(-c2ccccc2)cc1Cl)c1ccc(F)cc1. The largest absolute Gasteiger partial charge is 0.482 e. The summed E-state index contributed by atoms with van der Waals surface area (Å²) in [4.78, 5) is 14.0. The Labute approximate surface area is 163 Å². The zero-order chi connectivity index (χ0) is 19.2. The van der Waals surface area contributed by atoms with Gasteiger partial charge in [-0.3, -0.25) is 4.79 Å². The molecule has 0 aliphatic carbocycles. The van der Waals surface area contributed by atoms with Crippen LogP contribution in [0.5, 0.6) is 5.75 Å². The van der Waals surface area contributed by atoms with Gasteiger partial charge in [0.1, 0.15) is 11.6 Å². The molecule has 0 saturated heterocycles. The van der Waals surface area contributed by atoms with E-state index in [1.165, 1.54) is 17.0 Å². The standard InChI is InChI=1S/C22H19ClFNO2/c1-2-25(19-11-9-18(24)10-12-19)22(26)15-27-21-13-8-17(14-20(21)23)16-6-4-3-5-7-16/h3-14H,2,15H2,1H3. The molecule has 0 aliphatic heterocycles. The van der Waals surface area contributed by atoms with Gasteiger partial charge in [-0.05, 0) is 54.4 Å². The van der Waals surface area contributed by atoms with Crippen LogP contribution in [0.2, 0.25) is 5.02 Å². The third-order valence-electron chi connectivity index (χ3n) is 4.15. The maximum Gasteiger partial charge on any atom is 0.264 e. The van der Waals surface area contributed by atoms with E-state index >= 15 is 0 Å². The number of nitrogens with zero attached hydrogens (tertiary/aromatic N) is 1. The number of carbonyl (C=O) groups excluding carboxylic acids is 1. The van der Waals surface area contributed by atoms with E-state index in [1.807, 2.05) is 49.4 Å². The fourth-order valence-corrected chi connectivity index (χ4v) is 3.00. The van der Waals surface area contributed by atoms with Crippen molar-refractivity contribution in [1.29, 1.82) is 0 Å². The minimum atomic E-state index is -0.344. The number of hydrogen-bond acceptors (Lipinski definition) is 2. The Bertz CT molecular complexity index is 913. The van der Waals surface area contributed by atoms with Gasteiger partial charge in [-0.15, -0.1) is 0 Å². The highest BCUT2D eigenvalue weighted by Crippen LogP contribution is 2.30. The Morgan fingerprint density at radius 2 is 1.70 bits per heavy atom. The second-order valence-corrected chi connectivity index (χ2v) is 6.32. The molecule has 27 heavy (non-hydrogen) atoms. The van der Waals surface area contributed by atoms with Crippen molar-refractivity contribution < 1.29 is 13.9 Å². The molecule has 3 rings (SSSR count). The molecule has 0 N–H and O–H groups in total. The number of ether oxygens (including phenoxy) is 1. The number of anilines is 1. The molecule has 0 heterocycles. The van der Waals surface area contributed by atoms with Gasteiger partial charge in [-0.2, -0.15) is 0 Å². The minimum absolute atomic E-state index is 0.157. The number of carbonyl (C=O) groups is 1. The second-order valence-electron chi connectivity index (χ2n) is 5.91. The number of rotatable bonds is 6. The molecule has 1 amide bonds. The van der Waals surface area contributed by atoms with Crippen LogP contribution in [-0.4, -0.2) is 19.1 Å². The number of benzene rings is 3. The van der Waals surface area contributed by atoms with E-state index < -0.39 is 0 Å².